The predicted octanol–water partition coefficient (Wildman–Crippen LogP) is 3.45. The van der Waals surface area contributed by atoms with Crippen LogP contribution in [0.5, 0.6) is 11.5 Å². The van der Waals surface area contributed by atoms with Crippen LogP contribution in [0.3, 0.4) is 0 Å². The van der Waals surface area contributed by atoms with E-state index in [0.29, 0.717) is 49.1 Å². The standard InChI is InChI=1S/C21H20O6/c1-3-21(4-2,17-5-13(9-22)19(26)14(6-17)10-23)18-7-15(11-24)20(27)16(8-18)12-25/h5-12,26-27H,3-4H2,1-2H3. The quantitative estimate of drug-likeness (QED) is 0.691. The summed E-state index contributed by atoms with van der Waals surface area (Å²) in [5.41, 5.74) is 0.350. The minimum Gasteiger partial charge on any atom is -0.506 e. The lowest BCUT2D eigenvalue weighted by Gasteiger charge is -2.34. The van der Waals surface area contributed by atoms with E-state index in [1.807, 2.05) is 13.8 Å². The molecule has 0 spiro atoms. The number of phenolic OH excluding ortho intramolecular Hbond substituents is 2. The summed E-state index contributed by atoms with van der Waals surface area (Å²) in [4.78, 5) is 45.3. The molecule has 0 unspecified atom stereocenters. The first-order chi connectivity index (χ1) is 12.9. The Balaban J connectivity index is 2.88. The third-order valence-corrected chi connectivity index (χ3v) is 5.16. The molecular weight excluding hydrogens is 348 g/mol. The highest BCUT2D eigenvalue weighted by Gasteiger charge is 2.33. The smallest absolute Gasteiger partial charge is 0.153 e. The molecule has 6 heteroatoms. The van der Waals surface area contributed by atoms with Gasteiger partial charge in [-0.1, -0.05) is 13.8 Å². The normalized spacial score (nSPS) is 11.0. The maximum atomic E-state index is 11.3. The van der Waals surface area contributed by atoms with Gasteiger partial charge in [-0.2, -0.15) is 0 Å². The van der Waals surface area contributed by atoms with Crippen LogP contribution >= 0.6 is 0 Å². The van der Waals surface area contributed by atoms with Crippen LogP contribution < -0.4 is 0 Å². The number of hydrogen-bond donors (Lipinski definition) is 2. The first kappa shape index (κ1) is 20.0. The average molecular weight is 368 g/mol. The highest BCUT2D eigenvalue weighted by atomic mass is 16.3. The highest BCUT2D eigenvalue weighted by Crippen LogP contribution is 2.42. The van der Waals surface area contributed by atoms with E-state index >= 15 is 0 Å². The summed E-state index contributed by atoms with van der Waals surface area (Å²) < 4.78 is 0. The molecule has 2 rings (SSSR count). The molecule has 0 aliphatic carbocycles. The van der Waals surface area contributed by atoms with Gasteiger partial charge in [0.1, 0.15) is 11.5 Å². The first-order valence-electron chi connectivity index (χ1n) is 8.48. The average Bonchev–Trinajstić information content (AvgIpc) is 2.70. The van der Waals surface area contributed by atoms with Crippen molar-refractivity contribution in [3.8, 4) is 11.5 Å². The van der Waals surface area contributed by atoms with Crippen LogP contribution in [0.2, 0.25) is 0 Å². The number of aldehydes is 4. The minimum atomic E-state index is -0.744. The third-order valence-electron chi connectivity index (χ3n) is 5.16. The van der Waals surface area contributed by atoms with Crippen molar-refractivity contribution in [3.05, 3.63) is 57.6 Å². The second-order valence-electron chi connectivity index (χ2n) is 6.27. The van der Waals surface area contributed by atoms with Crippen LogP contribution in [-0.2, 0) is 5.41 Å². The number of phenols is 2. The number of benzene rings is 2. The summed E-state index contributed by atoms with van der Waals surface area (Å²) in [6, 6.07) is 5.99. The lowest BCUT2D eigenvalue weighted by molar-refractivity contribution is 0.110. The number of rotatable bonds is 8. The van der Waals surface area contributed by atoms with Crippen LogP contribution in [0.4, 0.5) is 0 Å². The van der Waals surface area contributed by atoms with E-state index in [2.05, 4.69) is 0 Å². The van der Waals surface area contributed by atoms with Gasteiger partial charge in [0, 0.05) is 5.41 Å². The summed E-state index contributed by atoms with van der Waals surface area (Å²) in [6.45, 7) is 3.79. The first-order valence-corrected chi connectivity index (χ1v) is 8.48. The Bertz CT molecular complexity index is 779. The number of carbonyl (C=O) groups is 4. The van der Waals surface area contributed by atoms with E-state index in [0.717, 1.165) is 0 Å². The maximum Gasteiger partial charge on any atom is 0.153 e. The number of carbonyl (C=O) groups excluding carboxylic acids is 4. The van der Waals surface area contributed by atoms with Gasteiger partial charge in [-0.3, -0.25) is 19.2 Å². The second-order valence-corrected chi connectivity index (χ2v) is 6.27. The zero-order valence-corrected chi connectivity index (χ0v) is 15.1. The predicted molar refractivity (Wildman–Crippen MR) is 99.1 cm³/mol. The zero-order valence-electron chi connectivity index (χ0n) is 15.1. The lowest BCUT2D eigenvalue weighted by atomic mass is 9.69. The second kappa shape index (κ2) is 7.95. The Hall–Kier alpha value is -3.28. The molecule has 2 aromatic rings. The topological polar surface area (TPSA) is 109 Å². The summed E-state index contributed by atoms with van der Waals surface area (Å²) in [5.74, 6) is -0.782. The van der Waals surface area contributed by atoms with Crippen molar-refractivity contribution in [2.45, 2.75) is 32.1 Å². The molecule has 0 aromatic heterocycles. The molecule has 2 N–H and O–H groups in total. The Morgan fingerprint density at radius 1 is 0.667 bits per heavy atom. The number of aromatic hydroxyl groups is 2. The van der Waals surface area contributed by atoms with Crippen molar-refractivity contribution in [2.75, 3.05) is 0 Å². The molecule has 6 nitrogen and oxygen atoms in total. The molecule has 0 amide bonds. The Morgan fingerprint density at radius 3 is 1.11 bits per heavy atom. The molecule has 0 aliphatic heterocycles. The Kier molecular flexibility index (Phi) is 5.90. The van der Waals surface area contributed by atoms with Gasteiger partial charge in [-0.15, -0.1) is 0 Å². The van der Waals surface area contributed by atoms with E-state index in [1.54, 1.807) is 0 Å². The van der Waals surface area contributed by atoms with Crippen molar-refractivity contribution in [1.29, 1.82) is 0 Å². The summed E-state index contributed by atoms with van der Waals surface area (Å²) in [5, 5.41) is 20.0. The monoisotopic (exact) mass is 368 g/mol. The van der Waals surface area contributed by atoms with E-state index in [4.69, 9.17) is 0 Å². The van der Waals surface area contributed by atoms with E-state index in [-0.39, 0.29) is 22.3 Å². The zero-order chi connectivity index (χ0) is 20.2. The van der Waals surface area contributed by atoms with Crippen LogP contribution in [-0.4, -0.2) is 35.4 Å². The van der Waals surface area contributed by atoms with Gasteiger partial charge in [0.05, 0.1) is 22.3 Å². The summed E-state index contributed by atoms with van der Waals surface area (Å²) in [7, 11) is 0. The molecule has 0 aliphatic rings. The van der Waals surface area contributed by atoms with Crippen molar-refractivity contribution >= 4 is 25.1 Å². The van der Waals surface area contributed by atoms with Gasteiger partial charge in [0.2, 0.25) is 0 Å². The van der Waals surface area contributed by atoms with Gasteiger partial charge in [-0.25, -0.2) is 0 Å². The van der Waals surface area contributed by atoms with Crippen LogP contribution in [0.1, 0.15) is 79.2 Å². The van der Waals surface area contributed by atoms with Crippen LogP contribution in [0, 0.1) is 0 Å². The fourth-order valence-corrected chi connectivity index (χ4v) is 3.51. The molecule has 0 saturated carbocycles. The van der Waals surface area contributed by atoms with Crippen molar-refractivity contribution in [2.24, 2.45) is 0 Å². The molecule has 0 saturated heterocycles. The minimum absolute atomic E-state index is 0.0223. The summed E-state index contributed by atoms with van der Waals surface area (Å²) in [6.07, 6.45) is 2.90. The van der Waals surface area contributed by atoms with E-state index < -0.39 is 16.9 Å². The molecule has 140 valence electrons. The van der Waals surface area contributed by atoms with E-state index in [1.165, 1.54) is 24.3 Å². The van der Waals surface area contributed by atoms with E-state index in [9.17, 15) is 29.4 Å². The van der Waals surface area contributed by atoms with Gasteiger partial charge in [-0.05, 0) is 48.2 Å². The van der Waals surface area contributed by atoms with Gasteiger partial charge in [0.25, 0.3) is 0 Å². The molecule has 0 bridgehead atoms. The highest BCUT2D eigenvalue weighted by molar-refractivity contribution is 5.90. The van der Waals surface area contributed by atoms with Gasteiger partial charge in [0.15, 0.2) is 25.1 Å². The lowest BCUT2D eigenvalue weighted by Crippen LogP contribution is -2.27. The molecule has 27 heavy (non-hydrogen) atoms. The van der Waals surface area contributed by atoms with Crippen molar-refractivity contribution in [3.63, 3.8) is 0 Å². The molecule has 0 atom stereocenters. The van der Waals surface area contributed by atoms with Crippen LogP contribution in [0.25, 0.3) is 0 Å². The van der Waals surface area contributed by atoms with Crippen molar-refractivity contribution < 1.29 is 29.4 Å². The Morgan fingerprint density at radius 2 is 0.926 bits per heavy atom. The molecule has 0 heterocycles. The fourth-order valence-electron chi connectivity index (χ4n) is 3.51. The van der Waals surface area contributed by atoms with Crippen LogP contribution in [0.15, 0.2) is 24.3 Å². The maximum absolute atomic E-state index is 11.3. The molecule has 0 radical (unpaired) electrons. The van der Waals surface area contributed by atoms with Gasteiger partial charge < -0.3 is 10.2 Å². The van der Waals surface area contributed by atoms with Gasteiger partial charge >= 0.3 is 0 Å². The molecule has 0 fully saturated rings. The molecular formula is C21H20O6. The third kappa shape index (κ3) is 3.26. The fraction of sp³-hybridized carbons (Fsp3) is 0.238. The SMILES string of the molecule is CCC(CC)(c1cc(C=O)c(O)c(C=O)c1)c1cc(C=O)c(O)c(C=O)c1. The largest absolute Gasteiger partial charge is 0.506 e. The number of hydrogen-bond acceptors (Lipinski definition) is 6. The summed E-state index contributed by atoms with van der Waals surface area (Å²) >= 11 is 0. The Labute approximate surface area is 156 Å². The molecule has 2 aromatic carbocycles. The van der Waals surface area contributed by atoms with Crippen molar-refractivity contribution in [1.82, 2.24) is 0 Å².